The fourth-order valence-electron chi connectivity index (χ4n) is 5.54. The number of hydrogen-bond acceptors (Lipinski definition) is 5. The second-order valence-corrected chi connectivity index (χ2v) is 8.78. The Labute approximate surface area is 168 Å². The number of likely N-dealkylation sites (tertiary alicyclic amines) is 1. The van der Waals surface area contributed by atoms with E-state index < -0.39 is 18.6 Å². The van der Waals surface area contributed by atoms with Crippen LogP contribution in [0.3, 0.4) is 0 Å². The summed E-state index contributed by atoms with van der Waals surface area (Å²) in [5.41, 5.74) is 1.48. The molecule has 0 aromatic heterocycles. The summed E-state index contributed by atoms with van der Waals surface area (Å²) >= 11 is 0. The second kappa shape index (κ2) is 6.37. The number of esters is 1. The van der Waals surface area contributed by atoms with Gasteiger partial charge in [-0.1, -0.05) is 42.0 Å². The number of allylic oxidation sites excluding steroid dienone is 2. The topological polar surface area (TPSA) is 80.8 Å². The van der Waals surface area contributed by atoms with Crippen molar-refractivity contribution in [2.75, 3.05) is 6.54 Å². The van der Waals surface area contributed by atoms with Gasteiger partial charge in [0.05, 0.1) is 11.8 Å². The van der Waals surface area contributed by atoms with Crippen LogP contribution in [0.4, 0.5) is 0 Å². The van der Waals surface area contributed by atoms with Crippen LogP contribution in [-0.2, 0) is 19.1 Å². The van der Waals surface area contributed by atoms with Gasteiger partial charge in [0.15, 0.2) is 6.10 Å². The molecule has 1 heterocycles. The Hall–Kier alpha value is -2.76. The van der Waals surface area contributed by atoms with Crippen LogP contribution in [0.2, 0.25) is 0 Å². The van der Waals surface area contributed by atoms with Crippen LogP contribution in [0.25, 0.3) is 0 Å². The maximum atomic E-state index is 12.9. The highest BCUT2D eigenvalue weighted by Crippen LogP contribution is 2.65. The number of carbonyl (C=O) groups is 4. The van der Waals surface area contributed by atoms with E-state index in [0.717, 1.165) is 16.9 Å². The summed E-state index contributed by atoms with van der Waals surface area (Å²) in [5, 5.41) is 0. The van der Waals surface area contributed by atoms with Crippen molar-refractivity contribution in [2.45, 2.75) is 26.4 Å². The Morgan fingerprint density at radius 2 is 1.59 bits per heavy atom. The van der Waals surface area contributed by atoms with Crippen LogP contribution in [-0.4, -0.2) is 41.1 Å². The van der Waals surface area contributed by atoms with Crippen molar-refractivity contribution in [3.63, 3.8) is 0 Å². The number of imide groups is 1. The molecule has 6 rings (SSSR count). The summed E-state index contributed by atoms with van der Waals surface area (Å²) in [6, 6.07) is 7.01. The molecule has 5 aliphatic rings. The van der Waals surface area contributed by atoms with Gasteiger partial charge in [0, 0.05) is 5.56 Å². The highest BCUT2D eigenvalue weighted by atomic mass is 16.5. The molecule has 0 radical (unpaired) electrons. The van der Waals surface area contributed by atoms with E-state index in [2.05, 4.69) is 12.2 Å². The number of Topliss-reactive ketones (excluding diaryl/α,β-unsaturated/α-hetero) is 1. The van der Waals surface area contributed by atoms with E-state index in [0.29, 0.717) is 17.4 Å². The third kappa shape index (κ3) is 2.76. The van der Waals surface area contributed by atoms with E-state index in [4.69, 9.17) is 4.74 Å². The van der Waals surface area contributed by atoms with Crippen LogP contribution in [0.15, 0.2) is 36.4 Å². The zero-order chi connectivity index (χ0) is 20.4. The number of nitrogens with zero attached hydrogens (tertiary/aromatic N) is 1. The van der Waals surface area contributed by atoms with Gasteiger partial charge < -0.3 is 4.74 Å². The third-order valence-electron chi connectivity index (χ3n) is 7.05. The maximum absolute atomic E-state index is 12.9. The van der Waals surface area contributed by atoms with E-state index in [1.54, 1.807) is 12.1 Å². The summed E-state index contributed by atoms with van der Waals surface area (Å²) in [4.78, 5) is 51.7. The molecule has 3 fully saturated rings. The summed E-state index contributed by atoms with van der Waals surface area (Å²) in [6.45, 7) is 3.00. The van der Waals surface area contributed by atoms with Gasteiger partial charge in [-0.3, -0.25) is 24.1 Å². The number of rotatable bonds is 5. The molecule has 6 heteroatoms. The van der Waals surface area contributed by atoms with Crippen molar-refractivity contribution in [1.82, 2.24) is 4.90 Å². The SMILES string of the molecule is Cc1ccc(C(=O)[C@H](C)OC(=O)CN2C(=O)[C@@H]3[C@H]4C=C[C@@H]([C@@H]5C[C@H]45)[C@@H]3C2=O)cc1. The molecule has 2 amide bonds. The molecule has 6 nitrogen and oxygen atoms in total. The number of aryl methyl sites for hydroxylation is 1. The first kappa shape index (κ1) is 18.3. The van der Waals surface area contributed by atoms with Crippen LogP contribution >= 0.6 is 0 Å². The van der Waals surface area contributed by atoms with Gasteiger partial charge in [-0.2, -0.15) is 0 Å². The molecule has 150 valence electrons. The lowest BCUT2D eigenvalue weighted by Gasteiger charge is -2.37. The molecule has 1 aliphatic heterocycles. The summed E-state index contributed by atoms with van der Waals surface area (Å²) in [5.74, 6) is -0.968. The molecular formula is C23H23NO5. The Morgan fingerprint density at radius 1 is 1.03 bits per heavy atom. The molecule has 0 N–H and O–H groups in total. The molecule has 0 spiro atoms. The lowest BCUT2D eigenvalue weighted by atomic mass is 9.63. The average Bonchev–Trinajstić information content (AvgIpc) is 3.49. The molecule has 0 unspecified atom stereocenters. The van der Waals surface area contributed by atoms with E-state index in [1.165, 1.54) is 6.92 Å². The molecule has 4 aliphatic carbocycles. The van der Waals surface area contributed by atoms with E-state index in [-0.39, 0.29) is 41.3 Å². The van der Waals surface area contributed by atoms with Gasteiger partial charge in [0.25, 0.3) is 0 Å². The molecule has 7 atom stereocenters. The first-order valence-corrected chi connectivity index (χ1v) is 10.2. The molecule has 2 bridgehead atoms. The first-order chi connectivity index (χ1) is 13.9. The lowest BCUT2D eigenvalue weighted by Crippen LogP contribution is -2.40. The van der Waals surface area contributed by atoms with Gasteiger partial charge in [-0.15, -0.1) is 0 Å². The van der Waals surface area contributed by atoms with Crippen molar-refractivity contribution >= 4 is 23.6 Å². The zero-order valence-electron chi connectivity index (χ0n) is 16.4. The Balaban J connectivity index is 1.24. The summed E-state index contributed by atoms with van der Waals surface area (Å²) in [7, 11) is 0. The van der Waals surface area contributed by atoms with E-state index in [1.807, 2.05) is 19.1 Å². The smallest absolute Gasteiger partial charge is 0.326 e. The minimum Gasteiger partial charge on any atom is -0.453 e. The predicted molar refractivity (Wildman–Crippen MR) is 102 cm³/mol. The molecule has 1 aromatic rings. The van der Waals surface area contributed by atoms with Crippen molar-refractivity contribution in [2.24, 2.45) is 35.5 Å². The molecule has 1 saturated heterocycles. The summed E-state index contributed by atoms with van der Waals surface area (Å²) in [6.07, 6.45) is 4.30. The lowest BCUT2D eigenvalue weighted by molar-refractivity contribution is -0.154. The molecule has 2 saturated carbocycles. The van der Waals surface area contributed by atoms with Gasteiger partial charge in [0.2, 0.25) is 17.6 Å². The normalized spacial score (nSPS) is 34.6. The molecular weight excluding hydrogens is 370 g/mol. The van der Waals surface area contributed by atoms with Gasteiger partial charge in [-0.05, 0) is 43.9 Å². The quantitative estimate of drug-likeness (QED) is 0.331. The minimum absolute atomic E-state index is 0.120. The van der Waals surface area contributed by atoms with Crippen LogP contribution in [0.1, 0.15) is 29.3 Å². The summed E-state index contributed by atoms with van der Waals surface area (Å²) < 4.78 is 5.26. The number of ether oxygens (including phenoxy) is 1. The van der Waals surface area contributed by atoms with Gasteiger partial charge in [0.1, 0.15) is 6.54 Å². The average molecular weight is 393 g/mol. The fourth-order valence-corrected chi connectivity index (χ4v) is 5.54. The third-order valence-corrected chi connectivity index (χ3v) is 7.05. The first-order valence-electron chi connectivity index (χ1n) is 10.2. The standard InChI is InChI=1S/C23H23NO5/c1-11-3-5-13(6-4-11)21(26)12(2)29-18(25)10-24-22(27)19-14-7-8-15(17-9-16(14)17)20(19)23(24)28/h3-8,12,14-17,19-20H,9-10H2,1-2H3/t12-,14-,15-,16-,17+,19-,20+/m0/s1. The Bertz CT molecular complexity index is 913. The number of amides is 2. The van der Waals surface area contributed by atoms with Crippen LogP contribution < -0.4 is 0 Å². The molecule has 29 heavy (non-hydrogen) atoms. The van der Waals surface area contributed by atoms with Crippen molar-refractivity contribution in [1.29, 1.82) is 0 Å². The zero-order valence-corrected chi connectivity index (χ0v) is 16.4. The highest BCUT2D eigenvalue weighted by Gasteiger charge is 2.67. The fraction of sp³-hybridized carbons (Fsp3) is 0.478. The number of ketones is 1. The maximum Gasteiger partial charge on any atom is 0.326 e. The van der Waals surface area contributed by atoms with E-state index in [9.17, 15) is 19.2 Å². The predicted octanol–water partition coefficient (Wildman–Crippen LogP) is 2.16. The monoisotopic (exact) mass is 393 g/mol. The Kier molecular flexibility index (Phi) is 4.02. The van der Waals surface area contributed by atoms with Crippen LogP contribution in [0, 0.1) is 42.4 Å². The number of hydrogen-bond donors (Lipinski definition) is 0. The molecule has 1 aromatic carbocycles. The van der Waals surface area contributed by atoms with Gasteiger partial charge >= 0.3 is 5.97 Å². The van der Waals surface area contributed by atoms with E-state index >= 15 is 0 Å². The highest BCUT2D eigenvalue weighted by molar-refractivity contribution is 6.08. The van der Waals surface area contributed by atoms with Crippen LogP contribution in [0.5, 0.6) is 0 Å². The Morgan fingerprint density at radius 3 is 2.14 bits per heavy atom. The van der Waals surface area contributed by atoms with Crippen molar-refractivity contribution in [3.8, 4) is 0 Å². The number of carbonyl (C=O) groups excluding carboxylic acids is 4. The van der Waals surface area contributed by atoms with Gasteiger partial charge in [-0.25, -0.2) is 0 Å². The minimum atomic E-state index is -0.981. The van der Waals surface area contributed by atoms with Crippen molar-refractivity contribution in [3.05, 3.63) is 47.5 Å². The number of benzene rings is 1. The largest absolute Gasteiger partial charge is 0.453 e. The second-order valence-electron chi connectivity index (χ2n) is 8.78. The van der Waals surface area contributed by atoms with Crippen molar-refractivity contribution < 1.29 is 23.9 Å².